The van der Waals surface area contributed by atoms with Gasteiger partial charge < -0.3 is 20.4 Å². The van der Waals surface area contributed by atoms with Gasteiger partial charge in [0, 0.05) is 25.6 Å². The van der Waals surface area contributed by atoms with Crippen LogP contribution >= 0.6 is 12.4 Å². The Morgan fingerprint density at radius 3 is 2.95 bits per heavy atom. The van der Waals surface area contributed by atoms with Crippen molar-refractivity contribution in [3.05, 3.63) is 24.2 Å². The summed E-state index contributed by atoms with van der Waals surface area (Å²) in [4.78, 5) is 23.2. The molecule has 1 saturated heterocycles. The second-order valence-corrected chi connectivity index (χ2v) is 4.59. The molecule has 2 amide bonds. The number of hydrogen-bond acceptors (Lipinski definition) is 4. The molecule has 1 aliphatic rings. The predicted molar refractivity (Wildman–Crippen MR) is 76.9 cm³/mol. The minimum absolute atomic E-state index is 0. The van der Waals surface area contributed by atoms with E-state index in [1.807, 2.05) is 0 Å². The molecule has 112 valence electrons. The van der Waals surface area contributed by atoms with Crippen molar-refractivity contribution in [2.24, 2.45) is 0 Å². The highest BCUT2D eigenvalue weighted by Crippen LogP contribution is 2.01. The molecule has 3 N–H and O–H groups in total. The summed E-state index contributed by atoms with van der Waals surface area (Å²) in [6.45, 7) is 2.15. The Hall–Kier alpha value is -1.53. The van der Waals surface area contributed by atoms with Gasteiger partial charge in [-0.1, -0.05) is 0 Å². The minimum atomic E-state index is -0.294. The van der Waals surface area contributed by atoms with Crippen molar-refractivity contribution in [2.75, 3.05) is 19.6 Å². The zero-order chi connectivity index (χ0) is 13.5. The average molecular weight is 302 g/mol. The molecule has 6 nitrogen and oxygen atoms in total. The molecule has 20 heavy (non-hydrogen) atoms. The number of rotatable bonds is 5. The van der Waals surface area contributed by atoms with Crippen molar-refractivity contribution in [1.82, 2.24) is 16.0 Å². The lowest BCUT2D eigenvalue weighted by molar-refractivity contribution is -0.121. The highest BCUT2D eigenvalue weighted by Gasteiger charge is 2.15. The molecule has 1 aromatic rings. The van der Waals surface area contributed by atoms with Crippen molar-refractivity contribution < 1.29 is 14.0 Å². The SMILES string of the molecule is Cl.O=C(CCNC(=O)c1ccco1)N[C@H]1CCCNC1. The first-order chi connectivity index (χ1) is 9.25. The molecular formula is C13H20ClN3O3. The maximum atomic E-state index is 11.7. The Morgan fingerprint density at radius 2 is 2.30 bits per heavy atom. The molecule has 7 heteroatoms. The van der Waals surface area contributed by atoms with E-state index in [4.69, 9.17) is 4.42 Å². The van der Waals surface area contributed by atoms with Crippen molar-refractivity contribution in [3.8, 4) is 0 Å². The van der Waals surface area contributed by atoms with E-state index >= 15 is 0 Å². The largest absolute Gasteiger partial charge is 0.459 e. The average Bonchev–Trinajstić information content (AvgIpc) is 2.93. The molecule has 0 spiro atoms. The van der Waals surface area contributed by atoms with Gasteiger partial charge in [-0.3, -0.25) is 9.59 Å². The summed E-state index contributed by atoms with van der Waals surface area (Å²) in [6.07, 6.45) is 3.82. The van der Waals surface area contributed by atoms with Gasteiger partial charge in [0.1, 0.15) is 0 Å². The first-order valence-corrected chi connectivity index (χ1v) is 6.57. The van der Waals surface area contributed by atoms with Crippen LogP contribution < -0.4 is 16.0 Å². The van der Waals surface area contributed by atoms with E-state index in [1.54, 1.807) is 12.1 Å². The molecule has 0 aliphatic carbocycles. The molecule has 1 aromatic heterocycles. The summed E-state index contributed by atoms with van der Waals surface area (Å²) in [5.41, 5.74) is 0. The number of halogens is 1. The highest BCUT2D eigenvalue weighted by atomic mass is 35.5. The Balaban J connectivity index is 0.00000200. The predicted octanol–water partition coefficient (Wildman–Crippen LogP) is 0.689. The third-order valence-corrected chi connectivity index (χ3v) is 3.04. The number of piperidine rings is 1. The minimum Gasteiger partial charge on any atom is -0.459 e. The fourth-order valence-electron chi connectivity index (χ4n) is 2.06. The summed E-state index contributed by atoms with van der Waals surface area (Å²) in [5.74, 6) is -0.0672. The zero-order valence-electron chi connectivity index (χ0n) is 11.2. The van der Waals surface area contributed by atoms with Gasteiger partial charge in [0.05, 0.1) is 6.26 Å². The Kier molecular flexibility index (Phi) is 7.11. The Morgan fingerprint density at radius 1 is 1.45 bits per heavy atom. The number of amides is 2. The number of carbonyl (C=O) groups excluding carboxylic acids is 2. The third kappa shape index (κ3) is 5.22. The quantitative estimate of drug-likeness (QED) is 0.747. The summed E-state index contributed by atoms with van der Waals surface area (Å²) in [7, 11) is 0. The standard InChI is InChI=1S/C13H19N3O3.ClH/c17-12(16-10-3-1-6-14-9-10)5-7-15-13(18)11-4-2-8-19-11;/h2,4,8,10,14H,1,3,5-7,9H2,(H,15,18)(H,16,17);1H/t10-;/m0./s1. The Labute approximate surface area is 124 Å². The van der Waals surface area contributed by atoms with Gasteiger partial charge in [-0.05, 0) is 31.5 Å². The molecule has 1 fully saturated rings. The lowest BCUT2D eigenvalue weighted by Crippen LogP contribution is -2.46. The number of furan rings is 1. The second kappa shape index (κ2) is 8.60. The fourth-order valence-corrected chi connectivity index (χ4v) is 2.06. The van der Waals surface area contributed by atoms with Gasteiger partial charge >= 0.3 is 0 Å². The van der Waals surface area contributed by atoms with E-state index in [0.29, 0.717) is 6.54 Å². The van der Waals surface area contributed by atoms with Crippen LogP contribution in [0, 0.1) is 0 Å². The smallest absolute Gasteiger partial charge is 0.286 e. The molecule has 0 saturated carbocycles. The molecule has 0 bridgehead atoms. The molecule has 2 rings (SSSR count). The molecule has 0 unspecified atom stereocenters. The van der Waals surface area contributed by atoms with Crippen LogP contribution in [0.2, 0.25) is 0 Å². The maximum Gasteiger partial charge on any atom is 0.286 e. The van der Waals surface area contributed by atoms with E-state index in [2.05, 4.69) is 16.0 Å². The summed E-state index contributed by atoms with van der Waals surface area (Å²) >= 11 is 0. The molecule has 1 atom stereocenters. The number of carbonyl (C=O) groups is 2. The first-order valence-electron chi connectivity index (χ1n) is 6.57. The molecular weight excluding hydrogens is 282 g/mol. The van der Waals surface area contributed by atoms with Gasteiger partial charge in [-0.2, -0.15) is 0 Å². The Bertz CT molecular complexity index is 417. The van der Waals surface area contributed by atoms with Gasteiger partial charge in [0.2, 0.25) is 5.91 Å². The maximum absolute atomic E-state index is 11.7. The third-order valence-electron chi connectivity index (χ3n) is 3.04. The van der Waals surface area contributed by atoms with Gasteiger partial charge in [0.15, 0.2) is 5.76 Å². The van der Waals surface area contributed by atoms with Gasteiger partial charge in [-0.25, -0.2) is 0 Å². The topological polar surface area (TPSA) is 83.4 Å². The highest BCUT2D eigenvalue weighted by molar-refractivity contribution is 5.91. The van der Waals surface area contributed by atoms with Crippen LogP contribution in [-0.4, -0.2) is 37.5 Å². The molecule has 0 aromatic carbocycles. The molecule has 2 heterocycles. The number of nitrogens with one attached hydrogen (secondary N) is 3. The van der Waals surface area contributed by atoms with E-state index in [0.717, 1.165) is 25.9 Å². The zero-order valence-corrected chi connectivity index (χ0v) is 12.0. The van der Waals surface area contributed by atoms with Crippen molar-refractivity contribution in [2.45, 2.75) is 25.3 Å². The van der Waals surface area contributed by atoms with E-state index in [1.165, 1.54) is 6.26 Å². The molecule has 1 aliphatic heterocycles. The lowest BCUT2D eigenvalue weighted by Gasteiger charge is -2.23. The van der Waals surface area contributed by atoms with E-state index in [9.17, 15) is 9.59 Å². The van der Waals surface area contributed by atoms with E-state index < -0.39 is 0 Å². The summed E-state index contributed by atoms with van der Waals surface area (Å²) in [5, 5.41) is 8.83. The lowest BCUT2D eigenvalue weighted by atomic mass is 10.1. The monoisotopic (exact) mass is 301 g/mol. The molecule has 0 radical (unpaired) electrons. The van der Waals surface area contributed by atoms with E-state index in [-0.39, 0.29) is 42.4 Å². The number of hydrogen-bond donors (Lipinski definition) is 3. The van der Waals surface area contributed by atoms with Crippen LogP contribution in [0.3, 0.4) is 0 Å². The van der Waals surface area contributed by atoms with Crippen LogP contribution in [0.1, 0.15) is 29.8 Å². The van der Waals surface area contributed by atoms with Crippen molar-refractivity contribution in [1.29, 1.82) is 0 Å². The van der Waals surface area contributed by atoms with Crippen LogP contribution in [0.4, 0.5) is 0 Å². The van der Waals surface area contributed by atoms with Crippen molar-refractivity contribution >= 4 is 24.2 Å². The van der Waals surface area contributed by atoms with Crippen molar-refractivity contribution in [3.63, 3.8) is 0 Å². The summed E-state index contributed by atoms with van der Waals surface area (Å²) in [6, 6.07) is 3.45. The fraction of sp³-hybridized carbons (Fsp3) is 0.538. The normalized spacial score (nSPS) is 17.9. The second-order valence-electron chi connectivity index (χ2n) is 4.59. The van der Waals surface area contributed by atoms with Crippen LogP contribution in [0.15, 0.2) is 22.8 Å². The van der Waals surface area contributed by atoms with Crippen LogP contribution in [0.5, 0.6) is 0 Å². The first kappa shape index (κ1) is 16.5. The van der Waals surface area contributed by atoms with Gasteiger partial charge in [-0.15, -0.1) is 12.4 Å². The van der Waals surface area contributed by atoms with Gasteiger partial charge in [0.25, 0.3) is 5.91 Å². The van der Waals surface area contributed by atoms with Crippen LogP contribution in [-0.2, 0) is 4.79 Å². The summed E-state index contributed by atoms with van der Waals surface area (Å²) < 4.78 is 4.95. The van der Waals surface area contributed by atoms with Crippen LogP contribution in [0.25, 0.3) is 0 Å².